The summed E-state index contributed by atoms with van der Waals surface area (Å²) in [6.07, 6.45) is 1.70. The summed E-state index contributed by atoms with van der Waals surface area (Å²) in [6, 6.07) is 5.86. The number of aromatic nitrogens is 2. The van der Waals surface area contributed by atoms with Gasteiger partial charge in [-0.1, -0.05) is 38.5 Å². The van der Waals surface area contributed by atoms with Gasteiger partial charge in [0.05, 0.1) is 12.2 Å². The first-order valence-electron chi connectivity index (χ1n) is 8.67. The van der Waals surface area contributed by atoms with Gasteiger partial charge in [0.25, 0.3) is 14.4 Å². The van der Waals surface area contributed by atoms with E-state index in [2.05, 4.69) is 20.2 Å². The van der Waals surface area contributed by atoms with Gasteiger partial charge in [-0.3, -0.25) is 9.52 Å². The Morgan fingerprint density at radius 1 is 1.18 bits per heavy atom. The number of nitrogens with zero attached hydrogens (tertiary/aromatic N) is 2. The molecule has 2 rings (SSSR count). The van der Waals surface area contributed by atoms with Gasteiger partial charge < -0.3 is 10.1 Å². The maximum Gasteiger partial charge on any atom is 0.338 e. The molecule has 1 heterocycles. The number of rotatable bonds is 9. The molecule has 11 heteroatoms. The van der Waals surface area contributed by atoms with E-state index in [0.29, 0.717) is 12.2 Å². The summed E-state index contributed by atoms with van der Waals surface area (Å²) in [7, 11) is -3.97. The van der Waals surface area contributed by atoms with Gasteiger partial charge in [-0.2, -0.15) is 8.42 Å². The molecular weight excluding hydrogens is 404 g/mol. The minimum absolute atomic E-state index is 0.101. The van der Waals surface area contributed by atoms with Crippen LogP contribution in [-0.4, -0.2) is 37.1 Å². The number of hydrogen-bond acceptors (Lipinski definition) is 8. The zero-order valence-corrected chi connectivity index (χ0v) is 17.4. The van der Waals surface area contributed by atoms with Crippen molar-refractivity contribution in [2.75, 3.05) is 16.6 Å². The van der Waals surface area contributed by atoms with Crippen LogP contribution in [0.15, 0.2) is 28.6 Å². The lowest BCUT2D eigenvalue weighted by molar-refractivity contribution is -0.118. The quantitative estimate of drug-likeness (QED) is 0.358. The Morgan fingerprint density at radius 2 is 1.86 bits per heavy atom. The van der Waals surface area contributed by atoms with Gasteiger partial charge in [-0.25, -0.2) is 4.79 Å². The Morgan fingerprint density at radius 3 is 2.46 bits per heavy atom. The van der Waals surface area contributed by atoms with E-state index in [4.69, 9.17) is 4.74 Å². The molecule has 0 aliphatic carbocycles. The van der Waals surface area contributed by atoms with Crippen molar-refractivity contribution in [3.8, 4) is 0 Å². The summed E-state index contributed by atoms with van der Waals surface area (Å²) < 4.78 is 32.0. The first kappa shape index (κ1) is 21.8. The fourth-order valence-electron chi connectivity index (χ4n) is 1.88. The molecule has 0 saturated carbocycles. The maximum absolute atomic E-state index is 12.4. The summed E-state index contributed by atoms with van der Waals surface area (Å²) in [5.74, 6) is -1.01. The van der Waals surface area contributed by atoms with E-state index in [1.807, 2.05) is 6.92 Å². The maximum atomic E-state index is 12.4. The van der Waals surface area contributed by atoms with Crippen LogP contribution in [-0.2, 0) is 19.6 Å². The zero-order valence-electron chi connectivity index (χ0n) is 15.8. The third kappa shape index (κ3) is 5.99. The van der Waals surface area contributed by atoms with Crippen LogP contribution in [0, 0.1) is 5.92 Å². The molecule has 0 fully saturated rings. The molecule has 152 valence electrons. The highest BCUT2D eigenvalue weighted by Crippen LogP contribution is 2.23. The smallest absolute Gasteiger partial charge is 0.338 e. The van der Waals surface area contributed by atoms with E-state index in [9.17, 15) is 18.0 Å². The van der Waals surface area contributed by atoms with Crippen molar-refractivity contribution in [3.05, 3.63) is 29.8 Å². The van der Waals surface area contributed by atoms with Crippen LogP contribution >= 0.6 is 11.3 Å². The second-order valence-corrected chi connectivity index (χ2v) is 9.02. The third-order valence-electron chi connectivity index (χ3n) is 3.49. The fraction of sp³-hybridized carbons (Fsp3) is 0.412. The zero-order chi connectivity index (χ0) is 20.7. The number of ether oxygens (including phenoxy) is 1. The van der Waals surface area contributed by atoms with E-state index < -0.39 is 16.0 Å². The molecule has 0 unspecified atom stereocenters. The lowest BCUT2D eigenvalue weighted by Gasteiger charge is -2.07. The summed E-state index contributed by atoms with van der Waals surface area (Å²) in [5, 5.41) is 9.89. The largest absolute Gasteiger partial charge is 0.462 e. The van der Waals surface area contributed by atoms with Gasteiger partial charge in [0.1, 0.15) is 0 Å². The molecule has 2 N–H and O–H groups in total. The molecule has 1 aromatic carbocycles. The van der Waals surface area contributed by atoms with Crippen molar-refractivity contribution in [1.82, 2.24) is 10.2 Å². The lowest BCUT2D eigenvalue weighted by Crippen LogP contribution is -2.17. The topological polar surface area (TPSA) is 127 Å². The van der Waals surface area contributed by atoms with E-state index >= 15 is 0 Å². The molecule has 0 atom stereocenters. The van der Waals surface area contributed by atoms with Gasteiger partial charge >= 0.3 is 5.97 Å². The first-order valence-corrected chi connectivity index (χ1v) is 11.0. The molecule has 0 bridgehead atoms. The SMILES string of the molecule is CCCCOC(=O)c1ccc(NS(=O)(=O)c2nnc(NC(=O)C(C)C)s2)cc1. The Kier molecular flexibility index (Phi) is 7.46. The highest BCUT2D eigenvalue weighted by molar-refractivity contribution is 7.94. The highest BCUT2D eigenvalue weighted by atomic mass is 32.2. The van der Waals surface area contributed by atoms with Gasteiger partial charge in [0.2, 0.25) is 11.0 Å². The highest BCUT2D eigenvalue weighted by Gasteiger charge is 2.22. The normalized spacial score (nSPS) is 11.3. The Hall–Kier alpha value is -2.53. The van der Waals surface area contributed by atoms with Crippen molar-refractivity contribution in [1.29, 1.82) is 0 Å². The van der Waals surface area contributed by atoms with E-state index in [-0.39, 0.29) is 27.0 Å². The van der Waals surface area contributed by atoms with Crippen LogP contribution in [0.4, 0.5) is 10.8 Å². The molecule has 0 aliphatic rings. The minimum Gasteiger partial charge on any atom is -0.462 e. The number of sulfonamides is 1. The Bertz CT molecular complexity index is 923. The average Bonchev–Trinajstić information content (AvgIpc) is 3.11. The molecule has 9 nitrogen and oxygen atoms in total. The standard InChI is InChI=1S/C17H22N4O5S2/c1-4-5-10-26-15(23)12-6-8-13(9-7-12)21-28(24,25)17-20-19-16(27-17)18-14(22)11(2)3/h6-9,11,21H,4-5,10H2,1-3H3,(H,18,19,22). The van der Waals surface area contributed by atoms with E-state index in [1.165, 1.54) is 24.3 Å². The van der Waals surface area contributed by atoms with Gasteiger partial charge in [-0.05, 0) is 30.7 Å². The van der Waals surface area contributed by atoms with Crippen LogP contribution in [0.1, 0.15) is 44.0 Å². The molecule has 1 aromatic heterocycles. The third-order valence-corrected chi connectivity index (χ3v) is 6.08. The monoisotopic (exact) mass is 426 g/mol. The van der Waals surface area contributed by atoms with Crippen molar-refractivity contribution < 1.29 is 22.7 Å². The predicted octanol–water partition coefficient (Wildman–Crippen LogP) is 2.89. The van der Waals surface area contributed by atoms with Crippen molar-refractivity contribution in [2.45, 2.75) is 38.0 Å². The van der Waals surface area contributed by atoms with E-state index in [1.54, 1.807) is 13.8 Å². The average molecular weight is 427 g/mol. The van der Waals surface area contributed by atoms with Gasteiger partial charge in [0, 0.05) is 11.6 Å². The Labute approximate surface area is 167 Å². The first-order chi connectivity index (χ1) is 13.2. The van der Waals surface area contributed by atoms with Crippen molar-refractivity contribution in [2.24, 2.45) is 5.92 Å². The van der Waals surface area contributed by atoms with Crippen molar-refractivity contribution >= 4 is 44.1 Å². The molecular formula is C17H22N4O5S2. The van der Waals surface area contributed by atoms with E-state index in [0.717, 1.165) is 24.2 Å². The van der Waals surface area contributed by atoms with Crippen LogP contribution in [0.2, 0.25) is 0 Å². The second-order valence-electron chi connectivity index (χ2n) is 6.19. The molecule has 0 aliphatic heterocycles. The number of anilines is 2. The predicted molar refractivity (Wildman–Crippen MR) is 106 cm³/mol. The van der Waals surface area contributed by atoms with Crippen LogP contribution in [0.5, 0.6) is 0 Å². The Balaban J connectivity index is 2.03. The number of hydrogen-bond donors (Lipinski definition) is 2. The summed E-state index contributed by atoms with van der Waals surface area (Å²) in [6.45, 7) is 5.75. The van der Waals surface area contributed by atoms with Crippen LogP contribution < -0.4 is 10.0 Å². The molecule has 0 radical (unpaired) electrons. The number of nitrogens with one attached hydrogen (secondary N) is 2. The summed E-state index contributed by atoms with van der Waals surface area (Å²) in [4.78, 5) is 23.5. The summed E-state index contributed by atoms with van der Waals surface area (Å²) in [5.41, 5.74) is 0.585. The number of benzene rings is 1. The second kappa shape index (κ2) is 9.60. The number of carbonyl (C=O) groups is 2. The number of carbonyl (C=O) groups excluding carboxylic acids is 2. The molecule has 1 amide bonds. The number of amides is 1. The molecule has 2 aromatic rings. The van der Waals surface area contributed by atoms with Gasteiger partial charge in [-0.15, -0.1) is 10.2 Å². The molecule has 28 heavy (non-hydrogen) atoms. The summed E-state index contributed by atoms with van der Waals surface area (Å²) >= 11 is 0.745. The fourth-order valence-corrected chi connectivity index (χ4v) is 3.85. The van der Waals surface area contributed by atoms with Gasteiger partial charge in [0.15, 0.2) is 0 Å². The van der Waals surface area contributed by atoms with Crippen LogP contribution in [0.25, 0.3) is 0 Å². The number of unbranched alkanes of at least 4 members (excludes halogenated alkanes) is 1. The molecule has 0 saturated heterocycles. The molecule has 0 spiro atoms. The number of esters is 1. The lowest BCUT2D eigenvalue weighted by atomic mass is 10.2. The van der Waals surface area contributed by atoms with Crippen LogP contribution in [0.3, 0.4) is 0 Å². The van der Waals surface area contributed by atoms with Crippen molar-refractivity contribution in [3.63, 3.8) is 0 Å². The minimum atomic E-state index is -3.97.